The maximum atomic E-state index is 11.9. The molecule has 0 N–H and O–H groups in total. The van der Waals surface area contributed by atoms with E-state index < -0.39 is 18.0 Å². The number of carbonyl (C=O) groups excluding carboxylic acids is 1. The molecule has 0 amide bonds. The van der Waals surface area contributed by atoms with Crippen LogP contribution in [-0.4, -0.2) is 46.3 Å². The van der Waals surface area contributed by atoms with Gasteiger partial charge in [-0.3, -0.25) is 4.79 Å². The van der Waals surface area contributed by atoms with Crippen LogP contribution >= 0.6 is 0 Å². The summed E-state index contributed by atoms with van der Waals surface area (Å²) in [5.41, 5.74) is 0.736. The van der Waals surface area contributed by atoms with Gasteiger partial charge in [-0.05, 0) is 26.0 Å². The molecule has 7 heteroatoms. The Morgan fingerprint density at radius 1 is 1.04 bits per heavy atom. The minimum Gasteiger partial charge on any atom is -0.496 e. The van der Waals surface area contributed by atoms with Gasteiger partial charge in [-0.15, -0.1) is 0 Å². The summed E-state index contributed by atoms with van der Waals surface area (Å²) in [6.45, 7) is 3.62. The molecule has 2 atom stereocenters. The van der Waals surface area contributed by atoms with Crippen molar-refractivity contribution in [1.29, 1.82) is 0 Å². The molecule has 0 bridgehead atoms. The van der Waals surface area contributed by atoms with E-state index in [0.29, 0.717) is 17.2 Å². The maximum absolute atomic E-state index is 11.9. The van der Waals surface area contributed by atoms with Gasteiger partial charge in [-0.25, -0.2) is 0 Å². The quantitative estimate of drug-likeness (QED) is 0.698. The van der Waals surface area contributed by atoms with Crippen molar-refractivity contribution < 1.29 is 33.2 Å². The van der Waals surface area contributed by atoms with Gasteiger partial charge in [0.2, 0.25) is 0 Å². The van der Waals surface area contributed by atoms with E-state index in [0.717, 1.165) is 16.3 Å². The topological polar surface area (TPSA) is 72.5 Å². The highest BCUT2D eigenvalue weighted by Crippen LogP contribution is 2.48. The fourth-order valence-corrected chi connectivity index (χ4v) is 3.68. The Kier molecular flexibility index (Phi) is 5.67. The molecule has 0 aliphatic carbocycles. The molecule has 2 aromatic carbocycles. The van der Waals surface area contributed by atoms with Crippen molar-refractivity contribution in [2.75, 3.05) is 28.4 Å². The highest BCUT2D eigenvalue weighted by molar-refractivity contribution is 5.99. The molecule has 0 radical (unpaired) electrons. The number of carbonyl (C=O) groups is 1. The number of methoxy groups -OCH3 is 4. The number of rotatable bonds is 6. The Labute approximate surface area is 164 Å². The molecule has 152 valence electrons. The highest BCUT2D eigenvalue weighted by atomic mass is 16.8. The molecule has 0 unspecified atom stereocenters. The van der Waals surface area contributed by atoms with E-state index in [9.17, 15) is 4.79 Å². The number of benzene rings is 2. The third kappa shape index (κ3) is 3.59. The Hall–Kier alpha value is -2.51. The van der Waals surface area contributed by atoms with E-state index in [1.807, 2.05) is 38.1 Å². The van der Waals surface area contributed by atoms with Crippen molar-refractivity contribution >= 4 is 16.7 Å². The van der Waals surface area contributed by atoms with E-state index in [1.165, 1.54) is 7.11 Å². The Balaban J connectivity index is 2.19. The predicted octanol–water partition coefficient (Wildman–Crippen LogP) is 3.62. The minimum absolute atomic E-state index is 0.0617. The largest absolute Gasteiger partial charge is 0.496 e. The average Bonchev–Trinajstić information content (AvgIpc) is 2.99. The van der Waals surface area contributed by atoms with E-state index in [4.69, 9.17) is 28.4 Å². The first-order valence-electron chi connectivity index (χ1n) is 8.99. The van der Waals surface area contributed by atoms with Gasteiger partial charge in [0.05, 0.1) is 40.2 Å². The fraction of sp³-hybridized carbons (Fsp3) is 0.476. The summed E-state index contributed by atoms with van der Waals surface area (Å²) in [6, 6.07) is 7.53. The summed E-state index contributed by atoms with van der Waals surface area (Å²) in [5, 5.41) is 1.62. The summed E-state index contributed by atoms with van der Waals surface area (Å²) in [6.07, 6.45) is -0.996. The highest BCUT2D eigenvalue weighted by Gasteiger charge is 2.44. The van der Waals surface area contributed by atoms with Crippen molar-refractivity contribution in [3.8, 4) is 17.2 Å². The number of fused-ring (bicyclic) bond motifs is 1. The molecule has 1 saturated heterocycles. The lowest BCUT2D eigenvalue weighted by atomic mass is 9.96. The summed E-state index contributed by atoms with van der Waals surface area (Å²) < 4.78 is 33.8. The molecular formula is C21H26O7. The molecule has 1 aliphatic heterocycles. The van der Waals surface area contributed by atoms with Crippen molar-refractivity contribution in [3.05, 3.63) is 29.8 Å². The summed E-state index contributed by atoms with van der Waals surface area (Å²) >= 11 is 0. The second-order valence-electron chi connectivity index (χ2n) is 6.96. The fourth-order valence-electron chi connectivity index (χ4n) is 3.68. The Bertz CT molecular complexity index is 875. The molecule has 2 aromatic rings. The molecule has 7 nitrogen and oxygen atoms in total. The van der Waals surface area contributed by atoms with Gasteiger partial charge in [-0.2, -0.15) is 0 Å². The molecule has 0 saturated carbocycles. The standard InChI is InChI=1S/C21H26O7/c1-21(2)27-16(11-17(22)25-5)20(28-21)13-10-15(24-4)18-12(19(13)26-6)8-7-9-14(18)23-3/h7-10,16,20H,11H2,1-6H3/t16-,20-/m1/s1. The van der Waals surface area contributed by atoms with Crippen LogP contribution in [0.5, 0.6) is 17.2 Å². The molecule has 1 heterocycles. The molecule has 3 rings (SSSR count). The van der Waals surface area contributed by atoms with E-state index in [2.05, 4.69) is 0 Å². The van der Waals surface area contributed by atoms with E-state index >= 15 is 0 Å². The van der Waals surface area contributed by atoms with Crippen LogP contribution in [0.2, 0.25) is 0 Å². The van der Waals surface area contributed by atoms with Gasteiger partial charge in [0.15, 0.2) is 5.79 Å². The van der Waals surface area contributed by atoms with Crippen molar-refractivity contribution in [2.45, 2.75) is 38.3 Å². The van der Waals surface area contributed by atoms with E-state index in [1.54, 1.807) is 21.3 Å². The van der Waals surface area contributed by atoms with Gasteiger partial charge in [-0.1, -0.05) is 12.1 Å². The van der Waals surface area contributed by atoms with Crippen LogP contribution < -0.4 is 14.2 Å². The van der Waals surface area contributed by atoms with Crippen LogP contribution in [0.25, 0.3) is 10.8 Å². The number of esters is 1. The normalized spacial score (nSPS) is 20.8. The predicted molar refractivity (Wildman–Crippen MR) is 103 cm³/mol. The van der Waals surface area contributed by atoms with Crippen molar-refractivity contribution in [1.82, 2.24) is 0 Å². The Morgan fingerprint density at radius 2 is 1.75 bits per heavy atom. The third-order valence-electron chi connectivity index (χ3n) is 4.80. The Morgan fingerprint density at radius 3 is 2.36 bits per heavy atom. The minimum atomic E-state index is -0.856. The lowest BCUT2D eigenvalue weighted by Gasteiger charge is -2.22. The number of hydrogen-bond acceptors (Lipinski definition) is 7. The van der Waals surface area contributed by atoms with Crippen molar-refractivity contribution in [2.24, 2.45) is 0 Å². The zero-order valence-corrected chi connectivity index (χ0v) is 17.0. The van der Waals surface area contributed by atoms with Gasteiger partial charge >= 0.3 is 5.97 Å². The molecule has 0 aromatic heterocycles. The lowest BCUT2D eigenvalue weighted by molar-refractivity contribution is -0.154. The molecule has 28 heavy (non-hydrogen) atoms. The van der Waals surface area contributed by atoms with Crippen LogP contribution in [-0.2, 0) is 19.0 Å². The van der Waals surface area contributed by atoms with Gasteiger partial charge in [0.25, 0.3) is 0 Å². The number of ether oxygens (including phenoxy) is 6. The van der Waals surface area contributed by atoms with Crippen LogP contribution in [0.4, 0.5) is 0 Å². The van der Waals surface area contributed by atoms with Gasteiger partial charge < -0.3 is 28.4 Å². The first-order chi connectivity index (χ1) is 13.3. The van der Waals surface area contributed by atoms with Crippen LogP contribution in [0.3, 0.4) is 0 Å². The van der Waals surface area contributed by atoms with Gasteiger partial charge in [0.1, 0.15) is 29.5 Å². The molecule has 0 spiro atoms. The average molecular weight is 390 g/mol. The van der Waals surface area contributed by atoms with Crippen molar-refractivity contribution in [3.63, 3.8) is 0 Å². The summed E-state index contributed by atoms with van der Waals surface area (Å²) in [7, 11) is 6.15. The summed E-state index contributed by atoms with van der Waals surface area (Å²) in [4.78, 5) is 11.9. The SMILES string of the molecule is COC(=O)C[C@H]1OC(C)(C)O[C@@H]1c1cc(OC)c2c(OC)cccc2c1OC. The lowest BCUT2D eigenvalue weighted by Crippen LogP contribution is -2.23. The molecule has 1 aliphatic rings. The summed E-state index contributed by atoms with van der Waals surface area (Å²) in [5.74, 6) is 0.688. The zero-order chi connectivity index (χ0) is 20.5. The first kappa shape index (κ1) is 20.2. The van der Waals surface area contributed by atoms with Crippen LogP contribution in [0.1, 0.15) is 31.9 Å². The number of hydrogen-bond donors (Lipinski definition) is 0. The zero-order valence-electron chi connectivity index (χ0n) is 17.0. The van der Waals surface area contributed by atoms with E-state index in [-0.39, 0.29) is 12.4 Å². The van der Waals surface area contributed by atoms with Crippen LogP contribution in [0.15, 0.2) is 24.3 Å². The van der Waals surface area contributed by atoms with Crippen LogP contribution in [0, 0.1) is 0 Å². The molecule has 1 fully saturated rings. The molecular weight excluding hydrogens is 364 g/mol. The smallest absolute Gasteiger partial charge is 0.308 e. The first-order valence-corrected chi connectivity index (χ1v) is 8.99. The second kappa shape index (κ2) is 7.85. The second-order valence-corrected chi connectivity index (χ2v) is 6.96. The van der Waals surface area contributed by atoms with Gasteiger partial charge in [0, 0.05) is 10.9 Å². The third-order valence-corrected chi connectivity index (χ3v) is 4.80. The monoisotopic (exact) mass is 390 g/mol. The maximum Gasteiger partial charge on any atom is 0.308 e.